The molecule has 0 spiro atoms. The third kappa shape index (κ3) is 1.66. The summed E-state index contributed by atoms with van der Waals surface area (Å²) in [6.07, 6.45) is 5.22. The highest BCUT2D eigenvalue weighted by molar-refractivity contribution is 14.1. The molecule has 0 unspecified atom stereocenters. The molecule has 0 saturated heterocycles. The Bertz CT molecular complexity index is 323. The number of terminal acetylenes is 1. The van der Waals surface area contributed by atoms with Gasteiger partial charge in [-0.1, -0.05) is 5.92 Å². The van der Waals surface area contributed by atoms with Crippen molar-refractivity contribution in [2.24, 2.45) is 0 Å². The van der Waals surface area contributed by atoms with Crippen LogP contribution in [-0.2, 0) is 0 Å². The van der Waals surface area contributed by atoms with Crippen molar-refractivity contribution >= 4 is 22.6 Å². The molecule has 1 nitrogen and oxygen atoms in total. The van der Waals surface area contributed by atoms with Crippen LogP contribution in [0.5, 0.6) is 5.75 Å². The number of aromatic hydroxyl groups is 1. The van der Waals surface area contributed by atoms with E-state index in [9.17, 15) is 5.11 Å². The van der Waals surface area contributed by atoms with E-state index in [1.54, 1.807) is 6.07 Å². The van der Waals surface area contributed by atoms with Gasteiger partial charge in [0.1, 0.15) is 5.75 Å². The van der Waals surface area contributed by atoms with Crippen molar-refractivity contribution in [3.63, 3.8) is 0 Å². The molecule has 0 aliphatic carbocycles. The molecule has 0 atom stereocenters. The predicted molar refractivity (Wildman–Crippen MR) is 53.5 cm³/mol. The number of hydrogen-bond acceptors (Lipinski definition) is 1. The topological polar surface area (TPSA) is 20.2 Å². The van der Waals surface area contributed by atoms with Gasteiger partial charge in [0, 0.05) is 5.56 Å². The van der Waals surface area contributed by atoms with Crippen molar-refractivity contribution in [1.29, 1.82) is 0 Å². The van der Waals surface area contributed by atoms with Crippen LogP contribution in [0.25, 0.3) is 0 Å². The molecule has 0 aliphatic heterocycles. The van der Waals surface area contributed by atoms with Gasteiger partial charge in [-0.2, -0.15) is 0 Å². The maximum atomic E-state index is 9.31. The lowest BCUT2D eigenvalue weighted by atomic mass is 10.1. The van der Waals surface area contributed by atoms with Gasteiger partial charge in [0.05, 0.1) is 3.57 Å². The summed E-state index contributed by atoms with van der Waals surface area (Å²) in [7, 11) is 0. The zero-order valence-corrected chi connectivity index (χ0v) is 8.21. The Balaban J connectivity index is 3.39. The third-order valence-electron chi connectivity index (χ3n) is 1.35. The van der Waals surface area contributed by atoms with E-state index in [1.807, 2.05) is 35.6 Å². The first-order valence-corrected chi connectivity index (χ1v) is 4.18. The molecule has 1 aromatic rings. The van der Waals surface area contributed by atoms with Gasteiger partial charge in [-0.15, -0.1) is 6.42 Å². The Morgan fingerprint density at radius 2 is 2.18 bits per heavy atom. The van der Waals surface area contributed by atoms with Crippen LogP contribution < -0.4 is 0 Å². The fraction of sp³-hybridized carbons (Fsp3) is 0.111. The minimum Gasteiger partial charge on any atom is -0.507 e. The molecule has 0 heterocycles. The van der Waals surface area contributed by atoms with E-state index in [1.165, 1.54) is 0 Å². The summed E-state index contributed by atoms with van der Waals surface area (Å²) in [4.78, 5) is 0. The Morgan fingerprint density at radius 3 is 2.73 bits per heavy atom. The van der Waals surface area contributed by atoms with Crippen LogP contribution in [0.15, 0.2) is 12.1 Å². The van der Waals surface area contributed by atoms with E-state index in [-0.39, 0.29) is 5.75 Å². The average Bonchev–Trinajstić information content (AvgIpc) is 1.96. The van der Waals surface area contributed by atoms with E-state index in [0.29, 0.717) is 0 Å². The van der Waals surface area contributed by atoms with Crippen LogP contribution in [0.1, 0.15) is 11.1 Å². The van der Waals surface area contributed by atoms with E-state index >= 15 is 0 Å². The predicted octanol–water partition coefficient (Wildman–Crippen LogP) is 2.29. The summed E-state index contributed by atoms with van der Waals surface area (Å²) in [5, 5.41) is 9.31. The number of halogens is 1. The molecule has 0 aromatic heterocycles. The van der Waals surface area contributed by atoms with Gasteiger partial charge in [0.2, 0.25) is 0 Å². The maximum Gasteiger partial charge on any atom is 0.130 e. The second kappa shape index (κ2) is 3.14. The molecule has 1 N–H and O–H groups in total. The standard InChI is InChI=1S/C9H7IO/c1-3-7-4-6(2)5-8(11)9(7)10/h1,4-5,11H,2H3. The van der Waals surface area contributed by atoms with Gasteiger partial charge in [-0.3, -0.25) is 0 Å². The number of hydrogen-bond donors (Lipinski definition) is 1. The van der Waals surface area contributed by atoms with Crippen LogP contribution in [0.2, 0.25) is 0 Å². The zero-order chi connectivity index (χ0) is 8.43. The minimum absolute atomic E-state index is 0.263. The summed E-state index contributed by atoms with van der Waals surface area (Å²) in [6, 6.07) is 3.57. The van der Waals surface area contributed by atoms with Gasteiger partial charge in [-0.25, -0.2) is 0 Å². The van der Waals surface area contributed by atoms with Crippen molar-refractivity contribution < 1.29 is 5.11 Å². The highest BCUT2D eigenvalue weighted by atomic mass is 127. The number of phenolic OH excluding ortho intramolecular Hbond substituents is 1. The fourth-order valence-electron chi connectivity index (χ4n) is 0.855. The molecule has 56 valence electrons. The zero-order valence-electron chi connectivity index (χ0n) is 6.06. The van der Waals surface area contributed by atoms with Gasteiger partial charge in [0.15, 0.2) is 0 Å². The molecule has 0 amide bonds. The van der Waals surface area contributed by atoms with E-state index in [4.69, 9.17) is 6.42 Å². The van der Waals surface area contributed by atoms with Crippen molar-refractivity contribution in [3.8, 4) is 18.1 Å². The Hall–Kier alpha value is -0.690. The Morgan fingerprint density at radius 1 is 1.55 bits per heavy atom. The first-order valence-electron chi connectivity index (χ1n) is 3.11. The van der Waals surface area contributed by atoms with Gasteiger partial charge >= 0.3 is 0 Å². The normalized spacial score (nSPS) is 9.18. The first-order chi connectivity index (χ1) is 5.15. The second-order valence-corrected chi connectivity index (χ2v) is 3.37. The lowest BCUT2D eigenvalue weighted by Gasteiger charge is -2.01. The van der Waals surface area contributed by atoms with Crippen molar-refractivity contribution in [2.75, 3.05) is 0 Å². The van der Waals surface area contributed by atoms with Crippen molar-refractivity contribution in [3.05, 3.63) is 26.8 Å². The monoisotopic (exact) mass is 258 g/mol. The van der Waals surface area contributed by atoms with E-state index < -0.39 is 0 Å². The molecule has 0 bridgehead atoms. The van der Waals surface area contributed by atoms with Gasteiger partial charge in [-0.05, 0) is 47.2 Å². The SMILES string of the molecule is C#Cc1cc(C)cc(O)c1I. The first kappa shape index (κ1) is 8.41. The molecule has 0 radical (unpaired) electrons. The molecule has 0 saturated carbocycles. The van der Waals surface area contributed by atoms with Crippen molar-refractivity contribution in [2.45, 2.75) is 6.92 Å². The summed E-state index contributed by atoms with van der Waals surface area (Å²) >= 11 is 2.03. The van der Waals surface area contributed by atoms with Crippen molar-refractivity contribution in [1.82, 2.24) is 0 Å². The number of aryl methyl sites for hydroxylation is 1. The number of phenols is 1. The van der Waals surface area contributed by atoms with Gasteiger partial charge < -0.3 is 5.11 Å². The van der Waals surface area contributed by atoms with Crippen LogP contribution >= 0.6 is 22.6 Å². The molecule has 0 fully saturated rings. The molecular formula is C9H7IO. The van der Waals surface area contributed by atoms with Crippen LogP contribution in [0.4, 0.5) is 0 Å². The molecule has 0 aliphatic rings. The largest absolute Gasteiger partial charge is 0.507 e. The lowest BCUT2D eigenvalue weighted by Crippen LogP contribution is -1.84. The van der Waals surface area contributed by atoms with E-state index in [2.05, 4.69) is 5.92 Å². The number of benzene rings is 1. The van der Waals surface area contributed by atoms with Crippen LogP contribution in [-0.4, -0.2) is 5.11 Å². The maximum absolute atomic E-state index is 9.31. The smallest absolute Gasteiger partial charge is 0.130 e. The Kier molecular flexibility index (Phi) is 2.40. The van der Waals surface area contributed by atoms with Crippen LogP contribution in [0, 0.1) is 22.8 Å². The highest BCUT2D eigenvalue weighted by Gasteiger charge is 2.02. The van der Waals surface area contributed by atoms with Gasteiger partial charge in [0.25, 0.3) is 0 Å². The van der Waals surface area contributed by atoms with E-state index in [0.717, 1.165) is 14.7 Å². The summed E-state index contributed by atoms with van der Waals surface area (Å²) < 4.78 is 0.746. The fourth-order valence-corrected chi connectivity index (χ4v) is 1.32. The Labute approximate surface area is 79.6 Å². The molecular weight excluding hydrogens is 251 g/mol. The number of rotatable bonds is 0. The molecule has 11 heavy (non-hydrogen) atoms. The minimum atomic E-state index is 0.263. The highest BCUT2D eigenvalue weighted by Crippen LogP contribution is 2.24. The molecule has 1 rings (SSSR count). The summed E-state index contributed by atoms with van der Waals surface area (Å²) in [6.45, 7) is 1.90. The summed E-state index contributed by atoms with van der Waals surface area (Å²) in [5.74, 6) is 2.77. The third-order valence-corrected chi connectivity index (χ3v) is 2.49. The quantitative estimate of drug-likeness (QED) is 0.559. The van der Waals surface area contributed by atoms with Crippen LogP contribution in [0.3, 0.4) is 0 Å². The average molecular weight is 258 g/mol. The molecule has 2 heteroatoms. The summed E-state index contributed by atoms with van der Waals surface area (Å²) in [5.41, 5.74) is 1.74. The molecule has 1 aromatic carbocycles. The lowest BCUT2D eigenvalue weighted by molar-refractivity contribution is 0.471. The second-order valence-electron chi connectivity index (χ2n) is 2.29.